The zero-order chi connectivity index (χ0) is 11.2. The first-order valence-corrected chi connectivity index (χ1v) is 6.30. The van der Waals surface area contributed by atoms with E-state index in [0.29, 0.717) is 6.04 Å². The van der Waals surface area contributed by atoms with Crippen LogP contribution in [0.2, 0.25) is 0 Å². The van der Waals surface area contributed by atoms with Crippen LogP contribution < -0.4 is 5.32 Å². The van der Waals surface area contributed by atoms with Gasteiger partial charge in [-0.1, -0.05) is 43.2 Å². The van der Waals surface area contributed by atoms with E-state index in [4.69, 9.17) is 0 Å². The third kappa shape index (κ3) is 3.62. The molecule has 1 saturated carbocycles. The molecule has 2 N–H and O–H groups in total. The smallest absolute Gasteiger partial charge is 0.0704 e. The Kier molecular flexibility index (Phi) is 4.37. The van der Waals surface area contributed by atoms with Gasteiger partial charge in [0.25, 0.3) is 0 Å². The molecule has 1 aromatic rings. The Morgan fingerprint density at radius 1 is 1.19 bits per heavy atom. The van der Waals surface area contributed by atoms with Crippen molar-refractivity contribution in [2.75, 3.05) is 6.54 Å². The molecule has 1 fully saturated rings. The fourth-order valence-electron chi connectivity index (χ4n) is 2.39. The first-order valence-electron chi connectivity index (χ1n) is 6.30. The molecule has 2 heteroatoms. The van der Waals surface area contributed by atoms with E-state index in [2.05, 4.69) is 17.4 Å². The summed E-state index contributed by atoms with van der Waals surface area (Å²) in [5, 5.41) is 13.4. The predicted octanol–water partition coefficient (Wildman–Crippen LogP) is 2.12. The number of hydrogen-bond acceptors (Lipinski definition) is 2. The maximum Gasteiger partial charge on any atom is 0.0704 e. The van der Waals surface area contributed by atoms with Crippen LogP contribution in [-0.4, -0.2) is 23.8 Å². The van der Waals surface area contributed by atoms with E-state index in [-0.39, 0.29) is 6.10 Å². The van der Waals surface area contributed by atoms with Gasteiger partial charge in [0, 0.05) is 12.6 Å². The summed E-state index contributed by atoms with van der Waals surface area (Å²) in [6.45, 7) is 0.722. The normalized spacial score (nSPS) is 18.8. The highest BCUT2D eigenvalue weighted by Gasteiger charge is 2.15. The van der Waals surface area contributed by atoms with Crippen molar-refractivity contribution < 1.29 is 5.11 Å². The highest BCUT2D eigenvalue weighted by atomic mass is 16.3. The zero-order valence-corrected chi connectivity index (χ0v) is 9.73. The topological polar surface area (TPSA) is 32.3 Å². The van der Waals surface area contributed by atoms with Crippen LogP contribution in [0, 0.1) is 0 Å². The van der Waals surface area contributed by atoms with Gasteiger partial charge in [0.15, 0.2) is 0 Å². The van der Waals surface area contributed by atoms with Crippen LogP contribution in [0.1, 0.15) is 31.2 Å². The molecule has 1 aliphatic carbocycles. The number of nitrogens with one attached hydrogen (secondary N) is 1. The molecule has 0 radical (unpaired) electrons. The minimum Gasteiger partial charge on any atom is -0.391 e. The molecule has 1 aliphatic rings. The highest BCUT2D eigenvalue weighted by molar-refractivity contribution is 5.15. The zero-order valence-electron chi connectivity index (χ0n) is 9.73. The minimum atomic E-state index is -0.261. The molecule has 2 rings (SSSR count). The fraction of sp³-hybridized carbons (Fsp3) is 0.571. The lowest BCUT2D eigenvalue weighted by molar-refractivity contribution is 0.167. The molecule has 0 amide bonds. The monoisotopic (exact) mass is 219 g/mol. The van der Waals surface area contributed by atoms with E-state index in [1.807, 2.05) is 18.2 Å². The molecule has 0 aliphatic heterocycles. The first-order chi connectivity index (χ1) is 7.84. The quantitative estimate of drug-likeness (QED) is 0.795. The van der Waals surface area contributed by atoms with E-state index >= 15 is 0 Å². The Labute approximate surface area is 97.7 Å². The van der Waals surface area contributed by atoms with Crippen molar-refractivity contribution in [2.45, 2.75) is 44.2 Å². The second kappa shape index (κ2) is 6.02. The number of rotatable bonds is 5. The summed E-state index contributed by atoms with van der Waals surface area (Å²) < 4.78 is 0. The number of aliphatic hydroxyl groups excluding tert-OH is 1. The summed E-state index contributed by atoms with van der Waals surface area (Å²) >= 11 is 0. The predicted molar refractivity (Wildman–Crippen MR) is 66.4 cm³/mol. The summed E-state index contributed by atoms with van der Waals surface area (Å²) in [5.74, 6) is 0. The van der Waals surface area contributed by atoms with E-state index < -0.39 is 0 Å². The van der Waals surface area contributed by atoms with Gasteiger partial charge in [-0.25, -0.2) is 0 Å². The van der Waals surface area contributed by atoms with Crippen LogP contribution in [0.5, 0.6) is 0 Å². The lowest BCUT2D eigenvalue weighted by Crippen LogP contribution is -2.34. The van der Waals surface area contributed by atoms with Crippen LogP contribution in [0.3, 0.4) is 0 Å². The standard InChI is InChI=1S/C14H21NO/c16-14(10-12-6-2-1-3-7-12)11-15-13-8-4-5-9-13/h1-3,6-7,13-16H,4-5,8-11H2/t14-/m1/s1. The third-order valence-corrected chi connectivity index (χ3v) is 3.31. The molecule has 2 nitrogen and oxygen atoms in total. The van der Waals surface area contributed by atoms with Crippen LogP contribution in [0.25, 0.3) is 0 Å². The lowest BCUT2D eigenvalue weighted by atomic mass is 10.1. The van der Waals surface area contributed by atoms with Gasteiger partial charge < -0.3 is 10.4 Å². The molecule has 1 aromatic carbocycles. The van der Waals surface area contributed by atoms with Gasteiger partial charge in [0.2, 0.25) is 0 Å². The molecular weight excluding hydrogens is 198 g/mol. The lowest BCUT2D eigenvalue weighted by Gasteiger charge is -2.16. The molecule has 0 unspecified atom stereocenters. The summed E-state index contributed by atoms with van der Waals surface area (Å²) in [7, 11) is 0. The van der Waals surface area contributed by atoms with Crippen LogP contribution in [-0.2, 0) is 6.42 Å². The molecule has 0 heterocycles. The van der Waals surface area contributed by atoms with Crippen molar-refractivity contribution in [3.8, 4) is 0 Å². The highest BCUT2D eigenvalue weighted by Crippen LogP contribution is 2.17. The summed E-state index contributed by atoms with van der Waals surface area (Å²) in [6, 6.07) is 10.8. The Bertz CT molecular complexity index is 293. The Morgan fingerprint density at radius 3 is 2.56 bits per heavy atom. The van der Waals surface area contributed by atoms with Crippen molar-refractivity contribution in [3.05, 3.63) is 35.9 Å². The van der Waals surface area contributed by atoms with Crippen molar-refractivity contribution in [2.24, 2.45) is 0 Å². The van der Waals surface area contributed by atoms with Gasteiger partial charge in [-0.3, -0.25) is 0 Å². The summed E-state index contributed by atoms with van der Waals surface area (Å²) in [4.78, 5) is 0. The number of hydrogen-bond donors (Lipinski definition) is 2. The van der Waals surface area contributed by atoms with Crippen LogP contribution in [0.4, 0.5) is 0 Å². The van der Waals surface area contributed by atoms with E-state index in [1.54, 1.807) is 0 Å². The third-order valence-electron chi connectivity index (χ3n) is 3.31. The van der Waals surface area contributed by atoms with Gasteiger partial charge >= 0.3 is 0 Å². The first kappa shape index (κ1) is 11.6. The Balaban J connectivity index is 1.69. The van der Waals surface area contributed by atoms with Crippen molar-refractivity contribution in [1.82, 2.24) is 5.32 Å². The van der Waals surface area contributed by atoms with Crippen molar-refractivity contribution in [3.63, 3.8) is 0 Å². The summed E-state index contributed by atoms with van der Waals surface area (Å²) in [5.41, 5.74) is 1.21. The fourth-order valence-corrected chi connectivity index (χ4v) is 2.39. The van der Waals surface area contributed by atoms with E-state index in [9.17, 15) is 5.11 Å². The number of aliphatic hydroxyl groups is 1. The van der Waals surface area contributed by atoms with E-state index in [0.717, 1.165) is 13.0 Å². The molecule has 1 atom stereocenters. The molecule has 0 aromatic heterocycles. The molecule has 0 spiro atoms. The minimum absolute atomic E-state index is 0.261. The average Bonchev–Trinajstić information content (AvgIpc) is 2.81. The number of benzene rings is 1. The van der Waals surface area contributed by atoms with Crippen molar-refractivity contribution >= 4 is 0 Å². The molecule has 16 heavy (non-hydrogen) atoms. The van der Waals surface area contributed by atoms with Gasteiger partial charge in [0.1, 0.15) is 0 Å². The maximum absolute atomic E-state index is 9.90. The molecule has 0 saturated heterocycles. The van der Waals surface area contributed by atoms with Gasteiger partial charge in [-0.05, 0) is 24.8 Å². The molecule has 88 valence electrons. The average molecular weight is 219 g/mol. The Hall–Kier alpha value is -0.860. The van der Waals surface area contributed by atoms with Gasteiger partial charge in [-0.15, -0.1) is 0 Å². The largest absolute Gasteiger partial charge is 0.391 e. The van der Waals surface area contributed by atoms with Crippen molar-refractivity contribution in [1.29, 1.82) is 0 Å². The maximum atomic E-state index is 9.90. The van der Waals surface area contributed by atoms with Gasteiger partial charge in [-0.2, -0.15) is 0 Å². The SMILES string of the molecule is O[C@@H](CNC1CCCC1)Cc1ccccc1. The summed E-state index contributed by atoms with van der Waals surface area (Å²) in [6.07, 6.45) is 5.72. The second-order valence-corrected chi connectivity index (χ2v) is 4.73. The molecule has 0 bridgehead atoms. The van der Waals surface area contributed by atoms with Gasteiger partial charge in [0.05, 0.1) is 6.10 Å². The van der Waals surface area contributed by atoms with E-state index in [1.165, 1.54) is 31.2 Å². The Morgan fingerprint density at radius 2 is 1.88 bits per heavy atom. The molecular formula is C14H21NO. The van der Waals surface area contributed by atoms with Crippen LogP contribution in [0.15, 0.2) is 30.3 Å². The second-order valence-electron chi connectivity index (χ2n) is 4.73. The van der Waals surface area contributed by atoms with Crippen LogP contribution >= 0.6 is 0 Å².